The molecule has 0 bridgehead atoms. The molecule has 9 heteroatoms. The van der Waals surface area contributed by atoms with Gasteiger partial charge in [-0.05, 0) is 24.2 Å². The largest absolute Gasteiger partial charge is 0.343 e. The third kappa shape index (κ3) is 3.11. The van der Waals surface area contributed by atoms with Crippen molar-refractivity contribution in [1.29, 1.82) is 0 Å². The van der Waals surface area contributed by atoms with Gasteiger partial charge in [0, 0.05) is 35.7 Å². The van der Waals surface area contributed by atoms with Gasteiger partial charge < -0.3 is 10.3 Å². The summed E-state index contributed by atoms with van der Waals surface area (Å²) >= 11 is 1.43. The van der Waals surface area contributed by atoms with E-state index in [1.807, 2.05) is 6.92 Å². The molecule has 28 heavy (non-hydrogen) atoms. The van der Waals surface area contributed by atoms with E-state index < -0.39 is 10.8 Å². The second kappa shape index (κ2) is 7.23. The molecule has 0 fully saturated rings. The maximum atomic E-state index is 12.9. The van der Waals surface area contributed by atoms with Crippen molar-refractivity contribution in [3.05, 3.63) is 67.1 Å². The molecule has 0 amide bonds. The average Bonchev–Trinajstić information content (AvgIpc) is 2.67. The average molecular weight is 398 g/mol. The van der Waals surface area contributed by atoms with E-state index in [4.69, 9.17) is 0 Å². The van der Waals surface area contributed by atoms with Gasteiger partial charge in [-0.25, -0.2) is 4.98 Å². The van der Waals surface area contributed by atoms with E-state index in [0.717, 1.165) is 17.9 Å². The zero-order valence-electron chi connectivity index (χ0n) is 15.2. The third-order valence-electron chi connectivity index (χ3n) is 4.95. The van der Waals surface area contributed by atoms with Gasteiger partial charge in [-0.2, -0.15) is 0 Å². The number of aromatic nitrogens is 2. The van der Waals surface area contributed by atoms with Gasteiger partial charge in [0.25, 0.3) is 11.2 Å². The van der Waals surface area contributed by atoms with Crippen LogP contribution in [0, 0.1) is 10.1 Å². The highest BCUT2D eigenvalue weighted by Crippen LogP contribution is 2.43. The van der Waals surface area contributed by atoms with Gasteiger partial charge >= 0.3 is 0 Å². The van der Waals surface area contributed by atoms with Crippen molar-refractivity contribution in [2.45, 2.75) is 37.3 Å². The maximum absolute atomic E-state index is 12.9. The molecule has 0 saturated carbocycles. The number of carbonyl (C=O) groups is 1. The van der Waals surface area contributed by atoms with Gasteiger partial charge in [0.1, 0.15) is 5.82 Å². The summed E-state index contributed by atoms with van der Waals surface area (Å²) in [5.41, 5.74) is 2.06. The highest BCUT2D eigenvalue weighted by molar-refractivity contribution is 7.99. The van der Waals surface area contributed by atoms with Crippen molar-refractivity contribution in [3.63, 3.8) is 0 Å². The Labute approximate surface area is 164 Å². The molecular weight excluding hydrogens is 380 g/mol. The second-order valence-corrected chi connectivity index (χ2v) is 7.89. The van der Waals surface area contributed by atoms with Crippen molar-refractivity contribution in [1.82, 2.24) is 9.97 Å². The minimum Gasteiger partial charge on any atom is -0.343 e. The van der Waals surface area contributed by atoms with Crippen LogP contribution in [0.25, 0.3) is 0 Å². The van der Waals surface area contributed by atoms with Crippen LogP contribution in [0.3, 0.4) is 0 Å². The summed E-state index contributed by atoms with van der Waals surface area (Å²) in [5.74, 6) is 0.627. The van der Waals surface area contributed by atoms with E-state index >= 15 is 0 Å². The summed E-state index contributed by atoms with van der Waals surface area (Å²) in [6.07, 6.45) is 1.87. The Balaban J connectivity index is 1.91. The Morgan fingerprint density at radius 2 is 2.00 bits per heavy atom. The summed E-state index contributed by atoms with van der Waals surface area (Å²) in [5, 5.41) is 14.7. The highest BCUT2D eigenvalue weighted by Gasteiger charge is 2.37. The summed E-state index contributed by atoms with van der Waals surface area (Å²) < 4.78 is 0. The molecule has 0 spiro atoms. The monoisotopic (exact) mass is 398 g/mol. The Kier molecular flexibility index (Phi) is 4.76. The van der Waals surface area contributed by atoms with Crippen LogP contribution < -0.4 is 10.9 Å². The van der Waals surface area contributed by atoms with Crippen LogP contribution in [0.2, 0.25) is 0 Å². The van der Waals surface area contributed by atoms with Crippen molar-refractivity contribution >= 4 is 29.1 Å². The fraction of sp³-hybridized carbons (Fsp3) is 0.316. The third-order valence-corrected chi connectivity index (χ3v) is 5.71. The number of hydrogen-bond acceptors (Lipinski definition) is 7. The number of nitrogens with one attached hydrogen (secondary N) is 2. The van der Waals surface area contributed by atoms with E-state index in [9.17, 15) is 19.7 Å². The van der Waals surface area contributed by atoms with Crippen molar-refractivity contribution in [2.75, 3.05) is 11.1 Å². The molecule has 1 aromatic carbocycles. The first kappa shape index (κ1) is 18.4. The Morgan fingerprint density at radius 3 is 2.68 bits per heavy atom. The molecule has 0 saturated heterocycles. The molecule has 4 rings (SSSR count). The van der Waals surface area contributed by atoms with Gasteiger partial charge in [-0.3, -0.25) is 19.7 Å². The van der Waals surface area contributed by atoms with Crippen LogP contribution in [0.4, 0.5) is 11.5 Å². The number of H-pyrrole nitrogens is 1. The van der Waals surface area contributed by atoms with E-state index in [-0.39, 0.29) is 17.0 Å². The molecule has 0 unspecified atom stereocenters. The number of fused-ring (bicyclic) bond motifs is 1. The van der Waals surface area contributed by atoms with Crippen LogP contribution in [-0.2, 0) is 4.79 Å². The summed E-state index contributed by atoms with van der Waals surface area (Å²) in [6.45, 7) is 1.97. The standard InChI is InChI=1S/C19H18N4O4S/c1-2-28-19-21-17-16(18(25)22-19)14(10-6-8-11(9-7-10)23(26)27)15-12(20-17)4-3-5-13(15)24/h6-9,14H,2-5H2,1H3,(H2,20,21,22,25)/t14-/m1/s1. The number of rotatable bonds is 4. The first-order valence-corrected chi connectivity index (χ1v) is 10.0. The number of nitrogens with zero attached hydrogens (tertiary/aromatic N) is 2. The Bertz CT molecular complexity index is 1060. The summed E-state index contributed by atoms with van der Waals surface area (Å²) in [4.78, 5) is 43.5. The predicted octanol–water partition coefficient (Wildman–Crippen LogP) is 3.35. The van der Waals surface area contributed by atoms with Crippen molar-refractivity contribution < 1.29 is 9.72 Å². The van der Waals surface area contributed by atoms with E-state index in [1.54, 1.807) is 12.1 Å². The number of non-ortho nitro benzene ring substituents is 1. The smallest absolute Gasteiger partial charge is 0.269 e. The molecule has 1 aliphatic heterocycles. The Morgan fingerprint density at radius 1 is 1.25 bits per heavy atom. The molecule has 1 aliphatic carbocycles. The minimum atomic E-state index is -0.586. The van der Waals surface area contributed by atoms with E-state index in [2.05, 4.69) is 15.3 Å². The van der Waals surface area contributed by atoms with Gasteiger partial charge in [0.2, 0.25) is 0 Å². The van der Waals surface area contributed by atoms with Crippen LogP contribution in [-0.4, -0.2) is 26.4 Å². The number of Topliss-reactive ketones (excluding diaryl/α,β-unsaturated/α-hetero) is 1. The molecule has 1 aromatic heterocycles. The number of benzene rings is 1. The predicted molar refractivity (Wildman–Crippen MR) is 106 cm³/mol. The van der Waals surface area contributed by atoms with Crippen LogP contribution in [0.5, 0.6) is 0 Å². The number of ketones is 1. The molecule has 2 aliphatic rings. The van der Waals surface area contributed by atoms with Gasteiger partial charge in [0.05, 0.1) is 10.5 Å². The summed E-state index contributed by atoms with van der Waals surface area (Å²) in [7, 11) is 0. The second-order valence-electron chi connectivity index (χ2n) is 6.64. The topological polar surface area (TPSA) is 118 Å². The molecular formula is C19H18N4O4S. The van der Waals surface area contributed by atoms with E-state index in [0.29, 0.717) is 40.5 Å². The van der Waals surface area contributed by atoms with E-state index in [1.165, 1.54) is 23.9 Å². The SMILES string of the molecule is CCSc1nc2c(c(=O)[nH]1)[C@H](c1ccc([N+](=O)[O-])cc1)C1=C(CCCC1=O)N2. The number of hydrogen-bond donors (Lipinski definition) is 2. The van der Waals surface area contributed by atoms with Crippen LogP contribution >= 0.6 is 11.8 Å². The van der Waals surface area contributed by atoms with Crippen LogP contribution in [0.15, 0.2) is 45.5 Å². The lowest BCUT2D eigenvalue weighted by molar-refractivity contribution is -0.384. The van der Waals surface area contributed by atoms with Crippen molar-refractivity contribution in [2.24, 2.45) is 0 Å². The molecule has 1 atom stereocenters. The zero-order chi connectivity index (χ0) is 19.8. The lowest BCUT2D eigenvalue weighted by Gasteiger charge is -2.32. The number of thioether (sulfide) groups is 1. The highest BCUT2D eigenvalue weighted by atomic mass is 32.2. The first-order chi connectivity index (χ1) is 13.5. The number of aromatic amines is 1. The molecule has 2 N–H and O–H groups in total. The lowest BCUT2D eigenvalue weighted by atomic mass is 9.76. The molecule has 2 aromatic rings. The summed E-state index contributed by atoms with van der Waals surface area (Å²) in [6, 6.07) is 6.01. The minimum absolute atomic E-state index is 0.00541. The maximum Gasteiger partial charge on any atom is 0.269 e. The quantitative estimate of drug-likeness (QED) is 0.351. The van der Waals surface area contributed by atoms with Crippen LogP contribution in [0.1, 0.15) is 43.2 Å². The number of nitro benzene ring substituents is 1. The number of carbonyl (C=O) groups excluding carboxylic acids is 1. The number of nitro groups is 1. The lowest BCUT2D eigenvalue weighted by Crippen LogP contribution is -2.32. The number of anilines is 1. The van der Waals surface area contributed by atoms with Gasteiger partial charge in [-0.15, -0.1) is 0 Å². The fourth-order valence-electron chi connectivity index (χ4n) is 3.77. The van der Waals surface area contributed by atoms with Gasteiger partial charge in [-0.1, -0.05) is 30.8 Å². The molecule has 144 valence electrons. The molecule has 2 heterocycles. The molecule has 8 nitrogen and oxygen atoms in total. The fourth-order valence-corrected chi connectivity index (χ4v) is 4.36. The Hall–Kier alpha value is -2.94. The van der Waals surface area contributed by atoms with Crippen molar-refractivity contribution in [3.8, 4) is 0 Å². The molecule has 0 radical (unpaired) electrons. The first-order valence-electron chi connectivity index (χ1n) is 9.04. The number of allylic oxidation sites excluding steroid dienone is 2. The zero-order valence-corrected chi connectivity index (χ0v) is 16.0. The van der Waals surface area contributed by atoms with Gasteiger partial charge in [0.15, 0.2) is 10.9 Å². The normalized spacial score (nSPS) is 18.3.